The van der Waals surface area contributed by atoms with Crippen molar-refractivity contribution in [3.8, 4) is 57.2 Å². The standard InChI is InChI=1S/C41H23F3N8/c1-22-3-5-24(6-4-22)27-10-14-30-31(16-27)38(48-21-46)40-39(30)51-34-17-32-33(18-35(34)52-40)50-37(36(49-32)19-47-20-45)29-13-9-26(15-23(29)2)25-7-11-28(12-8-25)41(42,43)44/h3-19H,1-2H3. The highest BCUT2D eigenvalue weighted by Gasteiger charge is 2.31. The third-order valence-corrected chi connectivity index (χ3v) is 9.05. The number of alkyl halides is 3. The van der Waals surface area contributed by atoms with Crippen LogP contribution in [0.25, 0.3) is 66.8 Å². The van der Waals surface area contributed by atoms with Crippen LogP contribution in [0.1, 0.15) is 33.6 Å². The number of aryl methyl sites for hydroxylation is 2. The summed E-state index contributed by atoms with van der Waals surface area (Å²) in [6, 6.07) is 28.2. The lowest BCUT2D eigenvalue weighted by Gasteiger charge is -2.13. The van der Waals surface area contributed by atoms with E-state index >= 15 is 0 Å². The van der Waals surface area contributed by atoms with Crippen molar-refractivity contribution in [2.24, 2.45) is 9.98 Å². The van der Waals surface area contributed by atoms with E-state index in [1.165, 1.54) is 18.3 Å². The van der Waals surface area contributed by atoms with Gasteiger partial charge >= 0.3 is 6.18 Å². The fourth-order valence-electron chi connectivity index (χ4n) is 6.47. The lowest BCUT2D eigenvalue weighted by Crippen LogP contribution is -2.04. The van der Waals surface area contributed by atoms with Crippen LogP contribution in [0.4, 0.5) is 13.2 Å². The van der Waals surface area contributed by atoms with Gasteiger partial charge in [0.15, 0.2) is 0 Å². The first-order chi connectivity index (χ1) is 25.1. The van der Waals surface area contributed by atoms with Gasteiger partial charge in [0.1, 0.15) is 17.1 Å². The van der Waals surface area contributed by atoms with Crippen LogP contribution >= 0.6 is 0 Å². The first-order valence-electron chi connectivity index (χ1n) is 16.0. The number of rotatable bonds is 4. The van der Waals surface area contributed by atoms with Gasteiger partial charge < -0.3 is 0 Å². The van der Waals surface area contributed by atoms with E-state index in [1.807, 2.05) is 62.5 Å². The summed E-state index contributed by atoms with van der Waals surface area (Å²) in [5.74, 6) is 0. The summed E-state index contributed by atoms with van der Waals surface area (Å²) < 4.78 is 39.4. The average Bonchev–Trinajstić information content (AvgIpc) is 3.43. The van der Waals surface area contributed by atoms with Gasteiger partial charge in [-0.1, -0.05) is 72.3 Å². The number of fused-ring (bicyclic) bond motifs is 5. The summed E-state index contributed by atoms with van der Waals surface area (Å²) in [4.78, 5) is 27.6. The van der Waals surface area contributed by atoms with Gasteiger partial charge in [0.25, 0.3) is 0 Å². The molecule has 0 atom stereocenters. The molecule has 52 heavy (non-hydrogen) atoms. The lowest BCUT2D eigenvalue weighted by molar-refractivity contribution is -0.137. The normalized spacial score (nSPS) is 13.0. The van der Waals surface area contributed by atoms with Crippen LogP contribution in [0.2, 0.25) is 0 Å². The topological polar surface area (TPSA) is 124 Å². The molecule has 1 aliphatic carbocycles. The minimum atomic E-state index is -4.42. The third-order valence-electron chi connectivity index (χ3n) is 9.05. The summed E-state index contributed by atoms with van der Waals surface area (Å²) >= 11 is 0. The van der Waals surface area contributed by atoms with Crippen LogP contribution in [0.5, 0.6) is 0 Å². The summed E-state index contributed by atoms with van der Waals surface area (Å²) in [5.41, 5.74) is 11.3. The molecule has 0 radical (unpaired) electrons. The molecule has 248 valence electrons. The molecule has 0 bridgehead atoms. The molecule has 2 heterocycles. The fourth-order valence-corrected chi connectivity index (χ4v) is 6.47. The van der Waals surface area contributed by atoms with E-state index in [2.05, 4.69) is 22.1 Å². The fraction of sp³-hybridized carbons (Fsp3) is 0.0732. The van der Waals surface area contributed by atoms with Gasteiger partial charge in [0, 0.05) is 16.7 Å². The van der Waals surface area contributed by atoms with Crippen LogP contribution in [0, 0.1) is 36.8 Å². The molecule has 8 nitrogen and oxygen atoms in total. The Labute approximate surface area is 295 Å². The molecule has 11 heteroatoms. The predicted octanol–water partition coefficient (Wildman–Crippen LogP) is 9.41. The predicted molar refractivity (Wildman–Crippen MR) is 193 cm³/mol. The van der Waals surface area contributed by atoms with Gasteiger partial charge in [-0.15, -0.1) is 0 Å². The highest BCUT2D eigenvalue weighted by atomic mass is 19.4. The Morgan fingerprint density at radius 2 is 1.13 bits per heavy atom. The number of nitrogens with zero attached hydrogens (tertiary/aromatic N) is 8. The van der Waals surface area contributed by atoms with E-state index < -0.39 is 11.7 Å². The number of halogens is 3. The van der Waals surface area contributed by atoms with Crippen molar-refractivity contribution >= 4 is 34.0 Å². The number of nitriles is 2. The molecule has 7 aromatic rings. The number of benzene rings is 5. The van der Waals surface area contributed by atoms with E-state index in [4.69, 9.17) is 19.9 Å². The minimum Gasteiger partial charge on any atom is -0.244 e. The van der Waals surface area contributed by atoms with Crippen molar-refractivity contribution in [1.29, 1.82) is 10.5 Å². The summed E-state index contributed by atoms with van der Waals surface area (Å²) in [7, 11) is 0. The molecule has 8 rings (SSSR count). The zero-order valence-electron chi connectivity index (χ0n) is 27.5. The van der Waals surface area contributed by atoms with E-state index in [0.29, 0.717) is 61.7 Å². The number of hydrogen-bond acceptors (Lipinski definition) is 8. The van der Waals surface area contributed by atoms with Crippen LogP contribution in [-0.2, 0) is 6.18 Å². The summed E-state index contributed by atoms with van der Waals surface area (Å²) in [5, 5.41) is 18.9. The zero-order valence-corrected chi connectivity index (χ0v) is 27.5. The van der Waals surface area contributed by atoms with Gasteiger partial charge in [0.05, 0.1) is 45.2 Å². The second-order valence-corrected chi connectivity index (χ2v) is 12.4. The van der Waals surface area contributed by atoms with Crippen molar-refractivity contribution in [1.82, 2.24) is 19.9 Å². The monoisotopic (exact) mass is 684 g/mol. The second-order valence-electron chi connectivity index (χ2n) is 12.4. The first kappa shape index (κ1) is 32.1. The van der Waals surface area contributed by atoms with Crippen molar-refractivity contribution in [2.75, 3.05) is 0 Å². The molecule has 0 saturated carbocycles. The van der Waals surface area contributed by atoms with Crippen LogP contribution < -0.4 is 0 Å². The largest absolute Gasteiger partial charge is 0.416 e. The van der Waals surface area contributed by atoms with Crippen molar-refractivity contribution in [2.45, 2.75) is 20.0 Å². The first-order valence-corrected chi connectivity index (χ1v) is 16.0. The van der Waals surface area contributed by atoms with E-state index in [-0.39, 0.29) is 0 Å². The summed E-state index contributed by atoms with van der Waals surface area (Å²) in [6.07, 6.45) is 0.618. The van der Waals surface area contributed by atoms with Gasteiger partial charge in [-0.25, -0.2) is 19.9 Å². The molecule has 0 unspecified atom stereocenters. The van der Waals surface area contributed by atoms with E-state index in [9.17, 15) is 23.7 Å². The minimum absolute atomic E-state index is 0.352. The highest BCUT2D eigenvalue weighted by Crippen LogP contribution is 2.39. The molecule has 5 aromatic carbocycles. The molecule has 0 aliphatic heterocycles. The average molecular weight is 685 g/mol. The molecule has 0 amide bonds. The SMILES string of the molecule is Cc1ccc(-c2ccc3c(c2)C(=NC#N)c2nc4cc5nc(-c6ccc(-c7ccc(C(F)(F)F)cc7)cc6C)c(C=NC#N)nc5cc4nc2-3)cc1. The Kier molecular flexibility index (Phi) is 7.62. The van der Waals surface area contributed by atoms with Gasteiger partial charge in [0.2, 0.25) is 12.4 Å². The Bertz CT molecular complexity index is 2750. The quantitative estimate of drug-likeness (QED) is 0.103. The Morgan fingerprint density at radius 3 is 1.75 bits per heavy atom. The van der Waals surface area contributed by atoms with Crippen molar-refractivity contribution < 1.29 is 13.2 Å². The molecule has 0 saturated heterocycles. The lowest BCUT2D eigenvalue weighted by atomic mass is 9.96. The zero-order chi connectivity index (χ0) is 36.1. The maximum Gasteiger partial charge on any atom is 0.416 e. The van der Waals surface area contributed by atoms with Gasteiger partial charge in [-0.05, 0) is 72.0 Å². The van der Waals surface area contributed by atoms with Crippen molar-refractivity contribution in [3.63, 3.8) is 0 Å². The Hall–Kier alpha value is -7.11. The number of aliphatic imine (C=N–C) groups is 2. The molecular weight excluding hydrogens is 662 g/mol. The van der Waals surface area contributed by atoms with E-state index in [0.717, 1.165) is 51.1 Å². The van der Waals surface area contributed by atoms with Crippen LogP contribution in [0.15, 0.2) is 107 Å². The molecule has 1 aliphatic rings. The Morgan fingerprint density at radius 1 is 0.577 bits per heavy atom. The third kappa shape index (κ3) is 5.60. The second kappa shape index (κ2) is 12.3. The Balaban J connectivity index is 1.23. The maximum atomic E-state index is 13.1. The number of aromatic nitrogens is 4. The van der Waals surface area contributed by atoms with E-state index in [1.54, 1.807) is 24.4 Å². The molecule has 0 fully saturated rings. The smallest absolute Gasteiger partial charge is 0.244 e. The molecule has 0 spiro atoms. The van der Waals surface area contributed by atoms with Gasteiger partial charge in [-0.2, -0.15) is 33.7 Å². The maximum absolute atomic E-state index is 13.1. The summed E-state index contributed by atoms with van der Waals surface area (Å²) in [6.45, 7) is 3.90. The highest BCUT2D eigenvalue weighted by molar-refractivity contribution is 6.24. The van der Waals surface area contributed by atoms with Gasteiger partial charge in [-0.3, -0.25) is 0 Å². The van der Waals surface area contributed by atoms with Crippen molar-refractivity contribution in [3.05, 3.63) is 131 Å². The molecule has 2 aromatic heterocycles. The van der Waals surface area contributed by atoms with Crippen LogP contribution in [-0.4, -0.2) is 31.9 Å². The molecule has 0 N–H and O–H groups in total. The number of hydrogen-bond donors (Lipinski definition) is 0. The van der Waals surface area contributed by atoms with Crippen LogP contribution in [0.3, 0.4) is 0 Å². The molecular formula is C41H23F3N8.